The van der Waals surface area contributed by atoms with E-state index < -0.39 is 0 Å². The molecule has 0 spiro atoms. The summed E-state index contributed by atoms with van der Waals surface area (Å²) in [6.07, 6.45) is 1.80. The molecule has 1 aliphatic rings. The number of hydrogen-bond donors (Lipinski definition) is 0. The number of thiocarbonyl (C=S) groups is 1. The number of rotatable bonds is 2. The maximum absolute atomic E-state index is 12.7. The molecule has 0 aliphatic carbocycles. The molecule has 0 atom stereocenters. The van der Waals surface area contributed by atoms with Crippen LogP contribution in [0.3, 0.4) is 0 Å². The van der Waals surface area contributed by atoms with Gasteiger partial charge in [0.05, 0.1) is 22.2 Å². The molecule has 112 valence electrons. The molecule has 1 amide bonds. The van der Waals surface area contributed by atoms with E-state index in [2.05, 4.69) is 6.07 Å². The van der Waals surface area contributed by atoms with Crippen LogP contribution in [-0.2, 0) is 4.79 Å². The zero-order chi connectivity index (χ0) is 16.4. The second kappa shape index (κ2) is 6.37. The maximum atomic E-state index is 12.7. The average Bonchev–Trinajstić information content (AvgIpc) is 2.82. The molecular weight excluding hydrogens is 324 g/mol. The molecule has 0 saturated carbocycles. The van der Waals surface area contributed by atoms with Gasteiger partial charge in [0.15, 0.2) is 4.32 Å². The average molecular weight is 336 g/mol. The number of anilines is 1. The lowest BCUT2D eigenvalue weighted by molar-refractivity contribution is -0.113. The summed E-state index contributed by atoms with van der Waals surface area (Å²) < 4.78 is 0.528. The number of nitrogens with zero attached hydrogens (tertiary/aromatic N) is 2. The second-order valence-corrected chi connectivity index (χ2v) is 6.77. The fraction of sp³-hybridized carbons (Fsp3) is 0.0556. The van der Waals surface area contributed by atoms with Crippen LogP contribution in [0.2, 0.25) is 0 Å². The van der Waals surface area contributed by atoms with Gasteiger partial charge in [0.2, 0.25) is 0 Å². The third kappa shape index (κ3) is 3.19. The minimum Gasteiger partial charge on any atom is -0.268 e. The van der Waals surface area contributed by atoms with Gasteiger partial charge in [-0.1, -0.05) is 48.2 Å². The predicted octanol–water partition coefficient (Wildman–Crippen LogP) is 4.27. The van der Waals surface area contributed by atoms with Crippen LogP contribution in [0.25, 0.3) is 6.08 Å². The van der Waals surface area contributed by atoms with Crippen molar-refractivity contribution in [1.82, 2.24) is 0 Å². The number of carbonyl (C=O) groups excluding carboxylic acids is 1. The van der Waals surface area contributed by atoms with Crippen molar-refractivity contribution in [1.29, 1.82) is 5.26 Å². The lowest BCUT2D eigenvalue weighted by atomic mass is 10.1. The second-order valence-electron chi connectivity index (χ2n) is 5.09. The van der Waals surface area contributed by atoms with E-state index >= 15 is 0 Å². The highest BCUT2D eigenvalue weighted by atomic mass is 32.2. The van der Waals surface area contributed by atoms with Gasteiger partial charge in [0, 0.05) is 0 Å². The Labute approximate surface area is 144 Å². The molecule has 0 unspecified atom stereocenters. The summed E-state index contributed by atoms with van der Waals surface area (Å²) in [6.45, 7) is 1.98. The van der Waals surface area contributed by atoms with Crippen LogP contribution < -0.4 is 4.90 Å². The van der Waals surface area contributed by atoms with Crippen molar-refractivity contribution in [2.24, 2.45) is 0 Å². The topological polar surface area (TPSA) is 44.1 Å². The Morgan fingerprint density at radius 2 is 1.96 bits per heavy atom. The van der Waals surface area contributed by atoms with Crippen LogP contribution in [0.1, 0.15) is 16.7 Å². The van der Waals surface area contributed by atoms with Crippen molar-refractivity contribution < 1.29 is 4.79 Å². The molecular formula is C18H12N2OS2. The van der Waals surface area contributed by atoms with Gasteiger partial charge in [-0.05, 0) is 48.4 Å². The Balaban J connectivity index is 1.91. The first-order chi connectivity index (χ1) is 11.1. The third-order valence-corrected chi connectivity index (χ3v) is 4.69. The fourth-order valence-corrected chi connectivity index (χ4v) is 3.56. The van der Waals surface area contributed by atoms with Gasteiger partial charge in [0.1, 0.15) is 0 Å². The van der Waals surface area contributed by atoms with E-state index in [9.17, 15) is 4.79 Å². The highest BCUT2D eigenvalue weighted by molar-refractivity contribution is 8.27. The van der Waals surface area contributed by atoms with E-state index in [1.54, 1.807) is 23.1 Å². The number of amides is 1. The smallest absolute Gasteiger partial charge is 0.268 e. The van der Waals surface area contributed by atoms with Gasteiger partial charge in [-0.25, -0.2) is 0 Å². The van der Waals surface area contributed by atoms with Crippen LogP contribution in [0, 0.1) is 18.3 Å². The van der Waals surface area contributed by atoms with Gasteiger partial charge in [-0.2, -0.15) is 5.26 Å². The summed E-state index contributed by atoms with van der Waals surface area (Å²) in [7, 11) is 0. The van der Waals surface area contributed by atoms with E-state index in [-0.39, 0.29) is 5.91 Å². The summed E-state index contributed by atoms with van der Waals surface area (Å²) in [5, 5.41) is 8.83. The van der Waals surface area contributed by atoms with Gasteiger partial charge < -0.3 is 0 Å². The summed E-state index contributed by atoms with van der Waals surface area (Å²) in [6, 6.07) is 16.9. The van der Waals surface area contributed by atoms with Crippen molar-refractivity contribution in [2.75, 3.05) is 4.90 Å². The fourth-order valence-electron chi connectivity index (χ4n) is 2.26. The van der Waals surface area contributed by atoms with Gasteiger partial charge in [-0.3, -0.25) is 9.69 Å². The van der Waals surface area contributed by atoms with E-state index in [0.29, 0.717) is 14.8 Å². The maximum Gasteiger partial charge on any atom is 0.270 e. The highest BCUT2D eigenvalue weighted by Crippen LogP contribution is 2.36. The standard InChI is InChI=1S/C18H12N2OS2/c1-12-3-2-4-15(9-12)20-17(21)16(23-18(20)22)10-13-5-7-14(11-19)8-6-13/h2-10H,1H3/b16-10-. The summed E-state index contributed by atoms with van der Waals surface area (Å²) in [5.74, 6) is -0.116. The SMILES string of the molecule is Cc1cccc(N2C(=O)/C(=C/c3ccc(C#N)cc3)SC2=S)c1. The lowest BCUT2D eigenvalue weighted by Gasteiger charge is -2.14. The van der Waals surface area contributed by atoms with Crippen molar-refractivity contribution in [3.63, 3.8) is 0 Å². The molecule has 23 heavy (non-hydrogen) atoms. The number of benzene rings is 2. The third-order valence-electron chi connectivity index (χ3n) is 3.39. The van der Waals surface area contributed by atoms with E-state index in [0.717, 1.165) is 16.8 Å². The number of thioether (sulfide) groups is 1. The molecule has 0 N–H and O–H groups in total. The van der Waals surface area contributed by atoms with Crippen LogP contribution in [0.5, 0.6) is 0 Å². The predicted molar refractivity (Wildman–Crippen MR) is 98.0 cm³/mol. The van der Waals surface area contributed by atoms with Gasteiger partial charge >= 0.3 is 0 Å². The van der Waals surface area contributed by atoms with Crippen molar-refractivity contribution in [3.05, 3.63) is 70.1 Å². The molecule has 0 bridgehead atoms. The molecule has 1 fully saturated rings. The minimum atomic E-state index is -0.116. The molecule has 0 aromatic heterocycles. The largest absolute Gasteiger partial charge is 0.270 e. The van der Waals surface area contributed by atoms with Crippen LogP contribution >= 0.6 is 24.0 Å². The number of nitriles is 1. The highest BCUT2D eigenvalue weighted by Gasteiger charge is 2.33. The van der Waals surface area contributed by atoms with Gasteiger partial charge in [-0.15, -0.1) is 0 Å². The van der Waals surface area contributed by atoms with Crippen LogP contribution in [0.15, 0.2) is 53.4 Å². The summed E-state index contributed by atoms with van der Waals surface area (Å²) in [5.41, 5.74) is 3.33. The van der Waals surface area contributed by atoms with Crippen LogP contribution in [-0.4, -0.2) is 10.2 Å². The summed E-state index contributed by atoms with van der Waals surface area (Å²) in [4.78, 5) is 14.8. The first-order valence-corrected chi connectivity index (χ1v) is 8.16. The Bertz CT molecular complexity index is 863. The molecule has 1 saturated heterocycles. The zero-order valence-electron chi connectivity index (χ0n) is 12.3. The molecule has 1 aliphatic heterocycles. The van der Waals surface area contributed by atoms with E-state index in [1.165, 1.54) is 11.8 Å². The Hall–Kier alpha value is -2.42. The molecule has 1 heterocycles. The lowest BCUT2D eigenvalue weighted by Crippen LogP contribution is -2.27. The normalized spacial score (nSPS) is 16.0. The first kappa shape index (κ1) is 15.5. The summed E-state index contributed by atoms with van der Waals surface area (Å²) >= 11 is 6.65. The van der Waals surface area contributed by atoms with Crippen molar-refractivity contribution >= 4 is 46.0 Å². The van der Waals surface area contributed by atoms with E-state index in [1.807, 2.05) is 43.3 Å². The Morgan fingerprint density at radius 3 is 2.61 bits per heavy atom. The van der Waals surface area contributed by atoms with Crippen LogP contribution in [0.4, 0.5) is 5.69 Å². The Kier molecular flexibility index (Phi) is 4.28. The van der Waals surface area contributed by atoms with E-state index in [4.69, 9.17) is 17.5 Å². The molecule has 3 nitrogen and oxygen atoms in total. The monoisotopic (exact) mass is 336 g/mol. The number of carbonyl (C=O) groups is 1. The number of hydrogen-bond acceptors (Lipinski definition) is 4. The quantitative estimate of drug-likeness (QED) is 0.607. The zero-order valence-corrected chi connectivity index (χ0v) is 13.9. The van der Waals surface area contributed by atoms with Gasteiger partial charge in [0.25, 0.3) is 5.91 Å². The molecule has 5 heteroatoms. The van der Waals surface area contributed by atoms with Crippen molar-refractivity contribution in [3.8, 4) is 6.07 Å². The molecule has 3 rings (SSSR count). The van der Waals surface area contributed by atoms with Crippen molar-refractivity contribution in [2.45, 2.75) is 6.92 Å². The molecule has 0 radical (unpaired) electrons. The number of aryl methyl sites for hydroxylation is 1. The molecule has 2 aromatic carbocycles. The molecule has 2 aromatic rings. The first-order valence-electron chi connectivity index (χ1n) is 6.93. The minimum absolute atomic E-state index is 0.116. The Morgan fingerprint density at radius 1 is 1.22 bits per heavy atom.